The monoisotopic (exact) mass is 558 g/mol. The smallest absolute Gasteiger partial charge is 0.303 e. The third-order valence-electron chi connectivity index (χ3n) is 9.89. The molecular weight excluding hydrogens is 516 g/mol. The van der Waals surface area contributed by atoms with Crippen LogP contribution in [0.25, 0.3) is 6.08 Å². The first-order valence-corrected chi connectivity index (χ1v) is 14.9. The third kappa shape index (κ3) is 4.18. The van der Waals surface area contributed by atoms with Crippen LogP contribution in [0.1, 0.15) is 62.3 Å². The highest BCUT2D eigenvalue weighted by Crippen LogP contribution is 2.67. The quantitative estimate of drug-likeness (QED) is 0.355. The molecule has 2 aromatic carbocycles. The summed E-state index contributed by atoms with van der Waals surface area (Å²) in [7, 11) is 3.81. The summed E-state index contributed by atoms with van der Waals surface area (Å²) in [6.07, 6.45) is 6.18. The van der Waals surface area contributed by atoms with Gasteiger partial charge in [-0.15, -0.1) is 0 Å². The number of ether oxygens (including phenoxy) is 3. The maximum atomic E-state index is 14.0. The van der Waals surface area contributed by atoms with E-state index in [4.69, 9.17) is 14.2 Å². The van der Waals surface area contributed by atoms with Crippen molar-refractivity contribution in [3.63, 3.8) is 0 Å². The Hall–Kier alpha value is -3.32. The van der Waals surface area contributed by atoms with Crippen molar-refractivity contribution in [2.75, 3.05) is 27.2 Å². The van der Waals surface area contributed by atoms with E-state index < -0.39 is 11.0 Å². The first-order valence-electron chi connectivity index (χ1n) is 14.9. The molecule has 5 atom stereocenters. The number of carbonyl (C=O) groups is 2. The predicted molar refractivity (Wildman–Crippen MR) is 158 cm³/mol. The van der Waals surface area contributed by atoms with E-state index in [1.165, 1.54) is 12.5 Å². The van der Waals surface area contributed by atoms with Crippen LogP contribution in [-0.4, -0.2) is 72.7 Å². The second-order valence-corrected chi connectivity index (χ2v) is 12.8. The SMILES string of the molecule is COc1ccc2c3c1O[C@H]1[C@H](N(CC(C)C)C(=O)C=Cc4cccc(C)c4)CC[C@@]4(OC(C)=O)[C@@H](C2)N(C)CC[C@]314. The van der Waals surface area contributed by atoms with Gasteiger partial charge in [0.05, 0.1) is 24.6 Å². The maximum absolute atomic E-state index is 14.0. The lowest BCUT2D eigenvalue weighted by molar-refractivity contribution is -0.221. The molecule has 218 valence electrons. The van der Waals surface area contributed by atoms with Gasteiger partial charge in [-0.05, 0) is 75.4 Å². The first kappa shape index (κ1) is 27.8. The molecule has 41 heavy (non-hydrogen) atoms. The lowest BCUT2D eigenvalue weighted by atomic mass is 9.48. The summed E-state index contributed by atoms with van der Waals surface area (Å²) in [5.41, 5.74) is 3.22. The van der Waals surface area contributed by atoms with Crippen LogP contribution < -0.4 is 9.47 Å². The molecule has 0 aromatic heterocycles. The molecule has 2 aliphatic heterocycles. The number of amides is 1. The second kappa shape index (κ2) is 10.2. The van der Waals surface area contributed by atoms with Gasteiger partial charge in [-0.3, -0.25) is 14.5 Å². The average Bonchev–Trinajstić information content (AvgIpc) is 3.28. The van der Waals surface area contributed by atoms with Crippen LogP contribution in [0.5, 0.6) is 11.5 Å². The molecule has 0 unspecified atom stereocenters. The van der Waals surface area contributed by atoms with Gasteiger partial charge in [-0.1, -0.05) is 49.7 Å². The zero-order valence-corrected chi connectivity index (χ0v) is 25.1. The maximum Gasteiger partial charge on any atom is 0.303 e. The number of carbonyl (C=O) groups excluding carboxylic acids is 2. The number of nitrogens with zero attached hydrogens (tertiary/aromatic N) is 2. The Kier molecular flexibility index (Phi) is 6.92. The second-order valence-electron chi connectivity index (χ2n) is 12.8. The largest absolute Gasteiger partial charge is 0.493 e. The number of rotatable bonds is 7. The van der Waals surface area contributed by atoms with Crippen molar-refractivity contribution in [1.29, 1.82) is 0 Å². The lowest BCUT2D eigenvalue weighted by Gasteiger charge is -2.65. The number of esters is 1. The number of hydrogen-bond acceptors (Lipinski definition) is 6. The standard InChI is InChI=1S/C34H42N2O5/c1-21(2)20-36(29(38)13-10-24-9-7-8-22(3)18-24)26-14-15-34(41-23(4)37)28-19-25-11-12-27(39-6)31-30(25)33(34,32(26)40-31)16-17-35(28)5/h7-13,18,21,26,28,32H,14-17,19-20H2,1-6H3/t26-,28-,32+,33+,34-/m1/s1. The summed E-state index contributed by atoms with van der Waals surface area (Å²) in [6, 6.07) is 12.2. The topological polar surface area (TPSA) is 68.3 Å². The number of piperidine rings is 1. The third-order valence-corrected chi connectivity index (χ3v) is 9.89. The molecule has 1 saturated heterocycles. The van der Waals surface area contributed by atoms with E-state index in [1.807, 2.05) is 29.2 Å². The van der Waals surface area contributed by atoms with Gasteiger partial charge in [-0.25, -0.2) is 0 Å². The van der Waals surface area contributed by atoms with Crippen LogP contribution in [0.2, 0.25) is 0 Å². The van der Waals surface area contributed by atoms with Crippen molar-refractivity contribution < 1.29 is 23.8 Å². The fourth-order valence-corrected chi connectivity index (χ4v) is 8.45. The van der Waals surface area contributed by atoms with Crippen LogP contribution in [-0.2, 0) is 26.2 Å². The molecular formula is C34H42N2O5. The normalized spacial score (nSPS) is 29.7. The van der Waals surface area contributed by atoms with Crippen molar-refractivity contribution in [1.82, 2.24) is 9.80 Å². The molecule has 4 aliphatic rings. The Labute approximate surface area is 243 Å². The van der Waals surface area contributed by atoms with E-state index in [-0.39, 0.29) is 36.0 Å². The zero-order valence-electron chi connectivity index (χ0n) is 25.1. The molecule has 0 radical (unpaired) electrons. The predicted octanol–water partition coefficient (Wildman–Crippen LogP) is 4.92. The molecule has 7 heteroatoms. The molecule has 2 aliphatic carbocycles. The molecule has 2 bridgehead atoms. The van der Waals surface area contributed by atoms with Crippen LogP contribution in [0.15, 0.2) is 42.5 Å². The molecule has 2 fully saturated rings. The van der Waals surface area contributed by atoms with Crippen LogP contribution >= 0.6 is 0 Å². The zero-order chi connectivity index (χ0) is 29.1. The summed E-state index contributed by atoms with van der Waals surface area (Å²) < 4.78 is 19.3. The Morgan fingerprint density at radius 3 is 2.73 bits per heavy atom. The van der Waals surface area contributed by atoms with Crippen molar-refractivity contribution in [3.05, 3.63) is 64.7 Å². The molecule has 1 amide bonds. The minimum absolute atomic E-state index is 0.0198. The van der Waals surface area contributed by atoms with Gasteiger partial charge in [0.15, 0.2) is 11.5 Å². The lowest BCUT2D eigenvalue weighted by Crippen LogP contribution is -2.79. The van der Waals surface area contributed by atoms with Crippen molar-refractivity contribution in [2.45, 2.75) is 82.6 Å². The molecule has 1 saturated carbocycles. The van der Waals surface area contributed by atoms with Gasteiger partial charge in [0, 0.05) is 25.1 Å². The van der Waals surface area contributed by atoms with Gasteiger partial charge in [0.2, 0.25) is 5.91 Å². The number of benzene rings is 2. The van der Waals surface area contributed by atoms with Gasteiger partial charge < -0.3 is 19.1 Å². The van der Waals surface area contributed by atoms with Crippen LogP contribution in [0.4, 0.5) is 0 Å². The van der Waals surface area contributed by atoms with Crippen molar-refractivity contribution in [2.24, 2.45) is 5.92 Å². The summed E-state index contributed by atoms with van der Waals surface area (Å²) in [4.78, 5) is 31.2. The number of likely N-dealkylation sites (N-methyl/N-ethyl adjacent to an activating group) is 1. The summed E-state index contributed by atoms with van der Waals surface area (Å²) >= 11 is 0. The highest BCUT2D eigenvalue weighted by atomic mass is 16.6. The minimum Gasteiger partial charge on any atom is -0.493 e. The summed E-state index contributed by atoms with van der Waals surface area (Å²) in [5.74, 6) is 1.44. The minimum atomic E-state index is -0.735. The fraction of sp³-hybridized carbons (Fsp3) is 0.529. The molecule has 1 spiro atoms. The highest BCUT2D eigenvalue weighted by molar-refractivity contribution is 5.92. The molecule has 7 nitrogen and oxygen atoms in total. The first-order chi connectivity index (χ1) is 19.6. The number of likely N-dealkylation sites (tertiary alicyclic amines) is 1. The average molecular weight is 559 g/mol. The number of hydrogen-bond donors (Lipinski definition) is 0. The van der Waals surface area contributed by atoms with Gasteiger partial charge >= 0.3 is 5.97 Å². The van der Waals surface area contributed by atoms with E-state index in [0.717, 1.165) is 41.8 Å². The number of methoxy groups -OCH3 is 1. The molecule has 6 rings (SSSR count). The van der Waals surface area contributed by atoms with Gasteiger partial charge in [0.1, 0.15) is 11.7 Å². The van der Waals surface area contributed by atoms with Crippen molar-refractivity contribution in [3.8, 4) is 11.5 Å². The Balaban J connectivity index is 1.47. The Bertz CT molecular complexity index is 1400. The van der Waals surface area contributed by atoms with E-state index in [0.29, 0.717) is 25.1 Å². The summed E-state index contributed by atoms with van der Waals surface area (Å²) in [5, 5.41) is 0. The van der Waals surface area contributed by atoms with E-state index in [2.05, 4.69) is 50.9 Å². The highest BCUT2D eigenvalue weighted by Gasteiger charge is 2.75. The number of aryl methyl sites for hydroxylation is 1. The van der Waals surface area contributed by atoms with Crippen LogP contribution in [0, 0.1) is 12.8 Å². The Morgan fingerprint density at radius 2 is 2.02 bits per heavy atom. The van der Waals surface area contributed by atoms with Gasteiger partial charge in [0.25, 0.3) is 0 Å². The van der Waals surface area contributed by atoms with Crippen LogP contribution in [0.3, 0.4) is 0 Å². The van der Waals surface area contributed by atoms with E-state index in [1.54, 1.807) is 13.2 Å². The van der Waals surface area contributed by atoms with Crippen molar-refractivity contribution >= 4 is 18.0 Å². The summed E-state index contributed by atoms with van der Waals surface area (Å²) in [6.45, 7) is 9.34. The van der Waals surface area contributed by atoms with E-state index >= 15 is 0 Å². The fourth-order valence-electron chi connectivity index (χ4n) is 8.45. The molecule has 2 heterocycles. The van der Waals surface area contributed by atoms with E-state index in [9.17, 15) is 9.59 Å². The van der Waals surface area contributed by atoms with Gasteiger partial charge in [-0.2, -0.15) is 0 Å². The molecule has 2 aromatic rings. The molecule has 0 N–H and O–H groups in total. The Morgan fingerprint density at radius 1 is 1.22 bits per heavy atom.